The zero-order chi connectivity index (χ0) is 16.2. The summed E-state index contributed by atoms with van der Waals surface area (Å²) < 4.78 is 2.22. The van der Waals surface area contributed by atoms with Gasteiger partial charge < -0.3 is 9.67 Å². The van der Waals surface area contributed by atoms with Crippen LogP contribution in [0.25, 0.3) is 0 Å². The molecule has 1 aromatic carbocycles. The van der Waals surface area contributed by atoms with Gasteiger partial charge >= 0.3 is 0 Å². The number of likely N-dealkylation sites (tertiary alicyclic amines) is 1. The Bertz CT molecular complexity index is 655. The molecule has 1 aromatic heterocycles. The molecule has 0 saturated carbocycles. The van der Waals surface area contributed by atoms with Gasteiger partial charge in [-0.1, -0.05) is 24.1 Å². The van der Waals surface area contributed by atoms with Crippen molar-refractivity contribution in [1.29, 1.82) is 0 Å². The Labute approximate surface area is 142 Å². The van der Waals surface area contributed by atoms with Crippen molar-refractivity contribution in [2.45, 2.75) is 51.7 Å². The topological polar surface area (TPSA) is 41.3 Å². The number of nitrogens with zero attached hydrogens (tertiary/aromatic N) is 3. The van der Waals surface area contributed by atoms with Gasteiger partial charge in [-0.15, -0.1) is 0 Å². The first-order chi connectivity index (χ1) is 11.1. The summed E-state index contributed by atoms with van der Waals surface area (Å²) >= 11 is 6.28. The van der Waals surface area contributed by atoms with Gasteiger partial charge in [0.25, 0.3) is 0 Å². The van der Waals surface area contributed by atoms with Crippen LogP contribution in [0.1, 0.15) is 37.1 Å². The van der Waals surface area contributed by atoms with Gasteiger partial charge in [-0.05, 0) is 50.4 Å². The third-order valence-corrected chi connectivity index (χ3v) is 5.14. The van der Waals surface area contributed by atoms with E-state index in [0.29, 0.717) is 11.1 Å². The van der Waals surface area contributed by atoms with Gasteiger partial charge in [-0.2, -0.15) is 0 Å². The Morgan fingerprint density at radius 3 is 2.96 bits per heavy atom. The molecule has 4 nitrogen and oxygen atoms in total. The SMILES string of the molecule is Cc1nccn1CC[C@H]1CCCCN1Cc1ccc(O)cc1Cl. The number of aromatic nitrogens is 2. The highest BCUT2D eigenvalue weighted by molar-refractivity contribution is 6.31. The van der Waals surface area contributed by atoms with E-state index >= 15 is 0 Å². The lowest BCUT2D eigenvalue weighted by Crippen LogP contribution is -2.39. The fraction of sp³-hybridized carbons (Fsp3) is 0.500. The van der Waals surface area contributed by atoms with Crippen molar-refractivity contribution >= 4 is 11.6 Å². The van der Waals surface area contributed by atoms with Gasteiger partial charge in [0.15, 0.2) is 0 Å². The molecular weight excluding hydrogens is 310 g/mol. The number of halogens is 1. The number of phenolic OH excluding ortho intramolecular Hbond substituents is 1. The second-order valence-corrected chi connectivity index (χ2v) is 6.76. The van der Waals surface area contributed by atoms with Crippen molar-refractivity contribution in [3.05, 3.63) is 47.0 Å². The van der Waals surface area contributed by atoms with Crippen molar-refractivity contribution in [1.82, 2.24) is 14.5 Å². The molecule has 3 rings (SSSR count). The molecule has 23 heavy (non-hydrogen) atoms. The van der Waals surface area contributed by atoms with Gasteiger partial charge in [-0.3, -0.25) is 4.90 Å². The van der Waals surface area contributed by atoms with Crippen LogP contribution in [-0.4, -0.2) is 32.1 Å². The Kier molecular flexibility index (Phi) is 5.23. The average Bonchev–Trinajstić information content (AvgIpc) is 2.94. The number of aromatic hydroxyl groups is 1. The van der Waals surface area contributed by atoms with Crippen LogP contribution in [0.4, 0.5) is 0 Å². The second kappa shape index (κ2) is 7.37. The quantitative estimate of drug-likeness (QED) is 0.899. The Morgan fingerprint density at radius 2 is 2.22 bits per heavy atom. The largest absolute Gasteiger partial charge is 0.508 e. The van der Waals surface area contributed by atoms with Gasteiger partial charge in [0.2, 0.25) is 0 Å². The smallest absolute Gasteiger partial charge is 0.117 e. The summed E-state index contributed by atoms with van der Waals surface area (Å²) in [6.45, 7) is 5.03. The monoisotopic (exact) mass is 333 g/mol. The zero-order valence-electron chi connectivity index (χ0n) is 13.6. The van der Waals surface area contributed by atoms with Crippen LogP contribution in [0.3, 0.4) is 0 Å². The third kappa shape index (κ3) is 4.06. The highest BCUT2D eigenvalue weighted by Crippen LogP contribution is 2.27. The summed E-state index contributed by atoms with van der Waals surface area (Å²) in [7, 11) is 0. The summed E-state index contributed by atoms with van der Waals surface area (Å²) in [5.41, 5.74) is 1.09. The predicted octanol–water partition coefficient (Wildman–Crippen LogP) is 4.00. The summed E-state index contributed by atoms with van der Waals surface area (Å²) in [5.74, 6) is 1.30. The minimum atomic E-state index is 0.226. The van der Waals surface area contributed by atoms with Gasteiger partial charge in [-0.25, -0.2) is 4.98 Å². The van der Waals surface area contributed by atoms with Crippen LogP contribution in [0.2, 0.25) is 5.02 Å². The summed E-state index contributed by atoms with van der Waals surface area (Å²) in [6.07, 6.45) is 8.84. The highest BCUT2D eigenvalue weighted by atomic mass is 35.5. The molecule has 0 amide bonds. The maximum Gasteiger partial charge on any atom is 0.117 e. The molecule has 5 heteroatoms. The van der Waals surface area contributed by atoms with Crippen LogP contribution in [-0.2, 0) is 13.1 Å². The van der Waals surface area contributed by atoms with Gasteiger partial charge in [0.1, 0.15) is 11.6 Å². The molecule has 1 fully saturated rings. The molecule has 0 bridgehead atoms. The van der Waals surface area contributed by atoms with Crippen molar-refractivity contribution in [3.63, 3.8) is 0 Å². The first-order valence-corrected chi connectivity index (χ1v) is 8.70. The predicted molar refractivity (Wildman–Crippen MR) is 92.7 cm³/mol. The Morgan fingerprint density at radius 1 is 1.35 bits per heavy atom. The number of imidazole rings is 1. The maximum absolute atomic E-state index is 9.50. The maximum atomic E-state index is 9.50. The summed E-state index contributed by atoms with van der Waals surface area (Å²) in [4.78, 5) is 6.83. The van der Waals surface area contributed by atoms with E-state index in [4.69, 9.17) is 11.6 Å². The van der Waals surface area contributed by atoms with E-state index in [0.717, 1.165) is 37.4 Å². The van der Waals surface area contributed by atoms with Crippen molar-refractivity contribution in [2.24, 2.45) is 0 Å². The van der Waals surface area contributed by atoms with Gasteiger partial charge in [0, 0.05) is 36.5 Å². The van der Waals surface area contributed by atoms with Crippen LogP contribution in [0, 0.1) is 6.92 Å². The number of benzene rings is 1. The molecule has 2 aromatic rings. The van der Waals surface area contributed by atoms with E-state index in [-0.39, 0.29) is 5.75 Å². The highest BCUT2D eigenvalue weighted by Gasteiger charge is 2.23. The van der Waals surface area contributed by atoms with E-state index in [1.54, 1.807) is 12.1 Å². The normalized spacial score (nSPS) is 19.1. The second-order valence-electron chi connectivity index (χ2n) is 6.35. The number of phenols is 1. The average molecular weight is 334 g/mol. The van der Waals surface area contributed by atoms with Crippen molar-refractivity contribution in [3.8, 4) is 5.75 Å². The van der Waals surface area contributed by atoms with E-state index in [1.807, 2.05) is 12.3 Å². The molecule has 1 saturated heterocycles. The lowest BCUT2D eigenvalue weighted by molar-refractivity contribution is 0.128. The van der Waals surface area contributed by atoms with E-state index in [1.165, 1.54) is 19.3 Å². The van der Waals surface area contributed by atoms with Crippen molar-refractivity contribution in [2.75, 3.05) is 6.54 Å². The number of rotatable bonds is 5. The van der Waals surface area contributed by atoms with Crippen LogP contribution >= 0.6 is 11.6 Å². The first-order valence-electron chi connectivity index (χ1n) is 8.32. The molecule has 0 radical (unpaired) electrons. The molecule has 0 unspecified atom stereocenters. The Balaban J connectivity index is 1.65. The summed E-state index contributed by atoms with van der Waals surface area (Å²) in [6, 6.07) is 5.86. The number of hydrogen-bond donors (Lipinski definition) is 1. The van der Waals surface area contributed by atoms with E-state index in [9.17, 15) is 5.11 Å². The lowest BCUT2D eigenvalue weighted by Gasteiger charge is -2.36. The third-order valence-electron chi connectivity index (χ3n) is 4.79. The van der Waals surface area contributed by atoms with Crippen molar-refractivity contribution < 1.29 is 5.11 Å². The number of piperidine rings is 1. The molecule has 1 N–H and O–H groups in total. The fourth-order valence-corrected chi connectivity index (χ4v) is 3.64. The zero-order valence-corrected chi connectivity index (χ0v) is 14.3. The first kappa shape index (κ1) is 16.3. The molecule has 2 heterocycles. The lowest BCUT2D eigenvalue weighted by atomic mass is 9.98. The van der Waals surface area contributed by atoms with Gasteiger partial charge in [0.05, 0.1) is 0 Å². The molecule has 1 aliphatic heterocycles. The van der Waals surface area contributed by atoms with Crippen LogP contribution in [0.15, 0.2) is 30.6 Å². The van der Waals surface area contributed by atoms with E-state index in [2.05, 4.69) is 27.6 Å². The minimum absolute atomic E-state index is 0.226. The summed E-state index contributed by atoms with van der Waals surface area (Å²) in [5, 5.41) is 10.2. The van der Waals surface area contributed by atoms with E-state index < -0.39 is 0 Å². The number of hydrogen-bond acceptors (Lipinski definition) is 3. The molecule has 124 valence electrons. The molecule has 0 aliphatic carbocycles. The molecule has 0 spiro atoms. The molecular formula is C18H24ClN3O. The fourth-order valence-electron chi connectivity index (χ4n) is 3.41. The number of aryl methyl sites for hydroxylation is 2. The Hall–Kier alpha value is -1.52. The van der Waals surface area contributed by atoms with Crippen LogP contribution in [0.5, 0.6) is 5.75 Å². The molecule has 1 atom stereocenters. The minimum Gasteiger partial charge on any atom is -0.508 e. The standard InChI is InChI=1S/C18H24ClN3O/c1-14-20-8-11-21(14)10-7-16-4-2-3-9-22(16)13-15-5-6-17(23)12-18(15)19/h5-6,8,11-12,16,23H,2-4,7,9-10,13H2,1H3/t16-/m1/s1. The molecule has 1 aliphatic rings. The van der Waals surface area contributed by atoms with Crippen LogP contribution < -0.4 is 0 Å².